The zero-order valence-corrected chi connectivity index (χ0v) is 39.3. The molecular weight excluding hydrogens is 677 g/mol. The standard InChI is InChI=1S/C55H108O/c1-3-5-7-9-11-13-15-17-18-19-20-21-22-23-24-25-26-27-28-29-30-31-32-33-34-35-36-37-38-39-40-42-44-46-48-50-52-54-55(56)53-51-49-47-45-43-41-16-14-12-10-8-6-4-2/h21-22,31-32,55-56H,3-20,23-30,33-54H2,1-2H3. The monoisotopic (exact) mass is 785 g/mol. The maximum absolute atomic E-state index is 10.3. The van der Waals surface area contributed by atoms with E-state index in [1.54, 1.807) is 0 Å². The third-order valence-corrected chi connectivity index (χ3v) is 12.6. The largest absolute Gasteiger partial charge is 0.393 e. The lowest BCUT2D eigenvalue weighted by molar-refractivity contribution is 0.147. The Kier molecular flexibility index (Phi) is 51.9. The van der Waals surface area contributed by atoms with E-state index >= 15 is 0 Å². The Bertz CT molecular complexity index is 723. The predicted molar refractivity (Wildman–Crippen MR) is 257 cm³/mol. The lowest BCUT2D eigenvalue weighted by Crippen LogP contribution is -2.05. The highest BCUT2D eigenvalue weighted by molar-refractivity contribution is 4.82. The Hall–Kier alpha value is -0.560. The van der Waals surface area contributed by atoms with Crippen molar-refractivity contribution in [1.29, 1.82) is 0 Å². The van der Waals surface area contributed by atoms with Crippen LogP contribution >= 0.6 is 0 Å². The Morgan fingerprint density at radius 1 is 0.232 bits per heavy atom. The molecule has 56 heavy (non-hydrogen) atoms. The molecule has 0 aliphatic heterocycles. The second-order valence-electron chi connectivity index (χ2n) is 18.5. The molecular formula is C55H108O. The number of unbranched alkanes of at least 4 members (excludes halogenated alkanes) is 42. The first-order valence-electron chi connectivity index (χ1n) is 26.8. The van der Waals surface area contributed by atoms with Gasteiger partial charge in [-0.15, -0.1) is 0 Å². The number of hydrogen-bond donors (Lipinski definition) is 1. The van der Waals surface area contributed by atoms with E-state index in [2.05, 4.69) is 38.2 Å². The lowest BCUT2D eigenvalue weighted by Gasteiger charge is -2.10. The number of hydrogen-bond acceptors (Lipinski definition) is 1. The van der Waals surface area contributed by atoms with Gasteiger partial charge < -0.3 is 5.11 Å². The molecule has 334 valence electrons. The summed E-state index contributed by atoms with van der Waals surface area (Å²) < 4.78 is 0. The van der Waals surface area contributed by atoms with E-state index in [0.29, 0.717) is 0 Å². The first-order valence-corrected chi connectivity index (χ1v) is 26.8. The molecule has 1 N–H and O–H groups in total. The van der Waals surface area contributed by atoms with E-state index < -0.39 is 0 Å². The molecule has 0 aromatic rings. The van der Waals surface area contributed by atoms with Crippen LogP contribution < -0.4 is 0 Å². The highest BCUT2D eigenvalue weighted by Crippen LogP contribution is 2.18. The minimum absolute atomic E-state index is 0.0410. The SMILES string of the molecule is CCCCCCCCCCCCC=CCCCCCCCCC=CCCCCCCCCCCCCCCCC(O)CCCCCCCCCCCCCCC. The minimum atomic E-state index is -0.0410. The Morgan fingerprint density at radius 2 is 0.393 bits per heavy atom. The van der Waals surface area contributed by atoms with Gasteiger partial charge in [-0.1, -0.05) is 282 Å². The summed E-state index contributed by atoms with van der Waals surface area (Å²) in [6.07, 6.45) is 76.4. The summed E-state index contributed by atoms with van der Waals surface area (Å²) in [5.41, 5.74) is 0. The van der Waals surface area contributed by atoms with Crippen LogP contribution in [-0.4, -0.2) is 11.2 Å². The van der Waals surface area contributed by atoms with E-state index in [4.69, 9.17) is 0 Å². The average Bonchev–Trinajstić information content (AvgIpc) is 3.20. The Morgan fingerprint density at radius 3 is 0.589 bits per heavy atom. The maximum atomic E-state index is 10.3. The van der Waals surface area contributed by atoms with Crippen molar-refractivity contribution in [3.63, 3.8) is 0 Å². The van der Waals surface area contributed by atoms with Crippen molar-refractivity contribution < 1.29 is 5.11 Å². The minimum Gasteiger partial charge on any atom is -0.393 e. The van der Waals surface area contributed by atoms with Crippen molar-refractivity contribution in [3.8, 4) is 0 Å². The quantitative estimate of drug-likeness (QED) is 0.0481. The third-order valence-electron chi connectivity index (χ3n) is 12.6. The predicted octanol–water partition coefficient (Wildman–Crippen LogP) is 20.2. The molecule has 0 heterocycles. The highest BCUT2D eigenvalue weighted by Gasteiger charge is 2.04. The van der Waals surface area contributed by atoms with Crippen molar-refractivity contribution in [3.05, 3.63) is 24.3 Å². The smallest absolute Gasteiger partial charge is 0.0540 e. The zero-order valence-electron chi connectivity index (χ0n) is 39.3. The topological polar surface area (TPSA) is 20.2 Å². The molecule has 0 aromatic carbocycles. The van der Waals surface area contributed by atoms with Gasteiger partial charge in [-0.25, -0.2) is 0 Å². The molecule has 0 saturated carbocycles. The van der Waals surface area contributed by atoms with Crippen LogP contribution in [0.4, 0.5) is 0 Å². The molecule has 1 nitrogen and oxygen atoms in total. The van der Waals surface area contributed by atoms with E-state index in [0.717, 1.165) is 12.8 Å². The molecule has 0 aliphatic rings. The molecule has 0 amide bonds. The van der Waals surface area contributed by atoms with Crippen molar-refractivity contribution in [2.24, 2.45) is 0 Å². The van der Waals surface area contributed by atoms with Crippen LogP contribution in [0.3, 0.4) is 0 Å². The fourth-order valence-corrected chi connectivity index (χ4v) is 8.58. The third kappa shape index (κ3) is 51.5. The van der Waals surface area contributed by atoms with Gasteiger partial charge in [0, 0.05) is 0 Å². The second-order valence-corrected chi connectivity index (χ2v) is 18.5. The molecule has 0 bridgehead atoms. The van der Waals surface area contributed by atoms with Gasteiger partial charge in [0.1, 0.15) is 0 Å². The number of aliphatic hydroxyl groups excluding tert-OH is 1. The average molecular weight is 785 g/mol. The van der Waals surface area contributed by atoms with Gasteiger partial charge in [-0.3, -0.25) is 0 Å². The van der Waals surface area contributed by atoms with Crippen LogP contribution in [0.5, 0.6) is 0 Å². The fourth-order valence-electron chi connectivity index (χ4n) is 8.58. The van der Waals surface area contributed by atoms with Gasteiger partial charge in [0.25, 0.3) is 0 Å². The Labute approximate surface area is 356 Å². The van der Waals surface area contributed by atoms with E-state index in [1.165, 1.54) is 295 Å². The number of allylic oxidation sites excluding steroid dienone is 4. The van der Waals surface area contributed by atoms with Crippen molar-refractivity contribution in [1.82, 2.24) is 0 Å². The fraction of sp³-hybridized carbons (Fsp3) is 0.927. The molecule has 0 fully saturated rings. The van der Waals surface area contributed by atoms with Crippen LogP contribution in [0.15, 0.2) is 24.3 Å². The molecule has 0 aliphatic carbocycles. The molecule has 1 unspecified atom stereocenters. The van der Waals surface area contributed by atoms with Gasteiger partial charge in [-0.2, -0.15) is 0 Å². The molecule has 1 atom stereocenters. The lowest BCUT2D eigenvalue weighted by atomic mass is 10.0. The molecule has 0 rings (SSSR count). The maximum Gasteiger partial charge on any atom is 0.0540 e. The van der Waals surface area contributed by atoms with Gasteiger partial charge in [-0.05, 0) is 64.2 Å². The van der Waals surface area contributed by atoms with Gasteiger partial charge in [0.15, 0.2) is 0 Å². The summed E-state index contributed by atoms with van der Waals surface area (Å²) in [7, 11) is 0. The second kappa shape index (κ2) is 52.5. The van der Waals surface area contributed by atoms with E-state index in [-0.39, 0.29) is 6.10 Å². The van der Waals surface area contributed by atoms with E-state index in [1.807, 2.05) is 0 Å². The summed E-state index contributed by atoms with van der Waals surface area (Å²) in [5, 5.41) is 10.3. The molecule has 0 spiro atoms. The van der Waals surface area contributed by atoms with Crippen LogP contribution in [0.2, 0.25) is 0 Å². The summed E-state index contributed by atoms with van der Waals surface area (Å²) in [5.74, 6) is 0. The van der Waals surface area contributed by atoms with Crippen molar-refractivity contribution >= 4 is 0 Å². The Balaban J connectivity index is 3.19. The molecule has 0 aromatic heterocycles. The van der Waals surface area contributed by atoms with Gasteiger partial charge >= 0.3 is 0 Å². The number of rotatable bonds is 50. The summed E-state index contributed by atoms with van der Waals surface area (Å²) in [6.45, 7) is 4.60. The van der Waals surface area contributed by atoms with Crippen LogP contribution in [0.25, 0.3) is 0 Å². The van der Waals surface area contributed by atoms with Crippen molar-refractivity contribution in [2.75, 3.05) is 0 Å². The van der Waals surface area contributed by atoms with Crippen LogP contribution in [0.1, 0.15) is 322 Å². The zero-order chi connectivity index (χ0) is 40.3. The van der Waals surface area contributed by atoms with Gasteiger partial charge in [0.05, 0.1) is 6.10 Å². The highest BCUT2D eigenvalue weighted by atomic mass is 16.3. The normalized spacial score (nSPS) is 12.6. The van der Waals surface area contributed by atoms with Crippen molar-refractivity contribution in [2.45, 2.75) is 328 Å². The molecule has 1 heteroatoms. The number of aliphatic hydroxyl groups is 1. The molecule has 0 radical (unpaired) electrons. The first kappa shape index (κ1) is 55.4. The van der Waals surface area contributed by atoms with Crippen LogP contribution in [0, 0.1) is 0 Å². The summed E-state index contributed by atoms with van der Waals surface area (Å²) in [4.78, 5) is 0. The summed E-state index contributed by atoms with van der Waals surface area (Å²) in [6, 6.07) is 0. The van der Waals surface area contributed by atoms with Gasteiger partial charge in [0.2, 0.25) is 0 Å². The summed E-state index contributed by atoms with van der Waals surface area (Å²) >= 11 is 0. The first-order chi connectivity index (χ1) is 27.8. The van der Waals surface area contributed by atoms with Crippen LogP contribution in [-0.2, 0) is 0 Å². The van der Waals surface area contributed by atoms with E-state index in [9.17, 15) is 5.11 Å². The molecule has 0 saturated heterocycles.